The molecule has 1 fully saturated rings. The van der Waals surface area contributed by atoms with Crippen LogP contribution in [0.3, 0.4) is 0 Å². The number of hydrazone groups is 1. The van der Waals surface area contributed by atoms with Crippen molar-refractivity contribution >= 4 is 24.0 Å². The van der Waals surface area contributed by atoms with Crippen LogP contribution in [0.4, 0.5) is 18.9 Å². The van der Waals surface area contributed by atoms with Crippen molar-refractivity contribution in [2.75, 3.05) is 45.5 Å². The Bertz CT molecular complexity index is 1320. The number of rotatable bonds is 6. The third kappa shape index (κ3) is 9.30. The number of hydrogen-bond acceptors (Lipinski definition) is 7. The highest BCUT2D eigenvalue weighted by molar-refractivity contribution is 6.00. The maximum absolute atomic E-state index is 13.0. The van der Waals surface area contributed by atoms with Gasteiger partial charge in [0.2, 0.25) is 0 Å². The van der Waals surface area contributed by atoms with Crippen LogP contribution in [0.5, 0.6) is 0 Å². The maximum Gasteiger partial charge on any atom is 0.416 e. The number of allylic oxidation sites excluding steroid dienone is 6. The van der Waals surface area contributed by atoms with E-state index in [0.717, 1.165) is 61.9 Å². The summed E-state index contributed by atoms with van der Waals surface area (Å²) in [5.41, 5.74) is 7.87. The Morgan fingerprint density at radius 3 is 2.61 bits per heavy atom. The van der Waals surface area contributed by atoms with Gasteiger partial charge in [-0.25, -0.2) is 5.01 Å². The zero-order chi connectivity index (χ0) is 30.0. The summed E-state index contributed by atoms with van der Waals surface area (Å²) in [6, 6.07) is 3.97. The predicted molar refractivity (Wildman–Crippen MR) is 159 cm³/mol. The van der Waals surface area contributed by atoms with Gasteiger partial charge >= 0.3 is 6.18 Å². The largest absolute Gasteiger partial charge is 0.416 e. The van der Waals surface area contributed by atoms with E-state index in [0.29, 0.717) is 24.2 Å². The summed E-state index contributed by atoms with van der Waals surface area (Å²) in [7, 11) is 2.02. The minimum atomic E-state index is -4.35. The molecule has 2 N–H and O–H groups in total. The molecule has 1 unspecified atom stereocenters. The second-order valence-electron chi connectivity index (χ2n) is 10.1. The Balaban J connectivity index is 0.000000228. The van der Waals surface area contributed by atoms with Gasteiger partial charge in [0.1, 0.15) is 18.2 Å². The number of amidine groups is 1. The summed E-state index contributed by atoms with van der Waals surface area (Å²) >= 11 is 0. The van der Waals surface area contributed by atoms with Crippen molar-refractivity contribution in [3.05, 3.63) is 76.9 Å². The lowest BCUT2D eigenvalue weighted by molar-refractivity contribution is -0.138. The van der Waals surface area contributed by atoms with Crippen LogP contribution in [0.2, 0.25) is 0 Å². The molecule has 0 radical (unpaired) electrons. The maximum atomic E-state index is 13.0. The van der Waals surface area contributed by atoms with E-state index < -0.39 is 11.7 Å². The monoisotopic (exact) mass is 566 g/mol. The van der Waals surface area contributed by atoms with Crippen LogP contribution >= 0.6 is 0 Å². The number of nitrogen functional groups attached to an aromatic ring is 1. The van der Waals surface area contributed by atoms with Gasteiger partial charge in [-0.15, -0.1) is 6.58 Å². The molecule has 4 rings (SSSR count). The van der Waals surface area contributed by atoms with Gasteiger partial charge in [-0.2, -0.15) is 18.3 Å². The van der Waals surface area contributed by atoms with Gasteiger partial charge in [-0.05, 0) is 68.8 Å². The van der Waals surface area contributed by atoms with E-state index in [4.69, 9.17) is 5.73 Å². The molecule has 10 heteroatoms. The molecule has 1 atom stereocenters. The first kappa shape index (κ1) is 31.6. The number of anilines is 1. The molecule has 1 aromatic carbocycles. The fraction of sp³-hybridized carbons (Fsp3) is 0.387. The van der Waals surface area contributed by atoms with Crippen molar-refractivity contribution in [3.63, 3.8) is 0 Å². The molecule has 3 heterocycles. The number of nitrogens with zero attached hydrogens (tertiary/aromatic N) is 5. The fourth-order valence-electron chi connectivity index (χ4n) is 4.36. The van der Waals surface area contributed by atoms with Crippen molar-refractivity contribution in [2.45, 2.75) is 39.0 Å². The Morgan fingerprint density at radius 1 is 1.22 bits per heavy atom. The smallest absolute Gasteiger partial charge is 0.399 e. The zero-order valence-corrected chi connectivity index (χ0v) is 23.8. The number of piperazine rings is 1. The van der Waals surface area contributed by atoms with Crippen molar-refractivity contribution in [3.8, 4) is 11.8 Å². The lowest BCUT2D eigenvalue weighted by Gasteiger charge is -2.32. The Kier molecular flexibility index (Phi) is 11.3. The molecule has 218 valence electrons. The summed E-state index contributed by atoms with van der Waals surface area (Å²) < 4.78 is 38.9. The van der Waals surface area contributed by atoms with Crippen molar-refractivity contribution in [1.82, 2.24) is 14.8 Å². The standard InChI is InChI=1S/C18H19N3O.C13H18F3N3/c1-4-6-15(3)16(11-14(2)13-22)8-9-17-12-19-18-7-5-10-20-21(17)18;1-18-4-6-19(7-5-18)9-10-2-3-11(17)8-12(10)13(14,15)16/h4-5,7,10-11,13,17H,1,6,12H2,2-3H3;2-3,8H,4-7,9,17H2,1H3/b14-11+,16-15?;. The number of carbonyl (C=O) groups excluding carboxylic acids is 1. The Morgan fingerprint density at radius 2 is 1.95 bits per heavy atom. The van der Waals surface area contributed by atoms with Crippen LogP contribution < -0.4 is 5.73 Å². The SMILES string of the molecule is C=CCC(C)=C(C#CC1CN=C2C=CC=NN21)/C=C(\C)C=O.CN1CCN(Cc2ccc(N)cc2C(F)(F)F)CC1. The number of aldehydes is 1. The normalized spacial score (nSPS) is 19.8. The van der Waals surface area contributed by atoms with Crippen molar-refractivity contribution < 1.29 is 18.0 Å². The van der Waals surface area contributed by atoms with E-state index in [-0.39, 0.29) is 11.7 Å². The van der Waals surface area contributed by atoms with Crippen LogP contribution in [0.15, 0.2) is 75.9 Å². The molecule has 3 aliphatic rings. The van der Waals surface area contributed by atoms with E-state index in [1.807, 2.05) is 48.2 Å². The van der Waals surface area contributed by atoms with E-state index in [1.54, 1.807) is 13.1 Å². The predicted octanol–water partition coefficient (Wildman–Crippen LogP) is 4.70. The fourth-order valence-corrected chi connectivity index (χ4v) is 4.36. The number of alkyl halides is 3. The lowest BCUT2D eigenvalue weighted by atomic mass is 10.0. The number of likely N-dealkylation sites (N-methyl/N-ethyl adjacent to an activating group) is 1. The number of carbonyl (C=O) groups is 1. The van der Waals surface area contributed by atoms with E-state index >= 15 is 0 Å². The van der Waals surface area contributed by atoms with Crippen LogP contribution in [0.1, 0.15) is 31.4 Å². The highest BCUT2D eigenvalue weighted by atomic mass is 19.4. The summed E-state index contributed by atoms with van der Waals surface area (Å²) in [6.45, 7) is 11.8. The molecular formula is C31H37F3N6O. The third-order valence-electron chi connectivity index (χ3n) is 6.75. The van der Waals surface area contributed by atoms with Gasteiger partial charge in [0.05, 0.1) is 12.1 Å². The highest BCUT2D eigenvalue weighted by Gasteiger charge is 2.34. The van der Waals surface area contributed by atoms with Crippen LogP contribution in [0.25, 0.3) is 0 Å². The summed E-state index contributed by atoms with van der Waals surface area (Å²) in [6.07, 6.45) is 6.38. The summed E-state index contributed by atoms with van der Waals surface area (Å²) in [5, 5.41) is 6.12. The molecule has 0 spiro atoms. The third-order valence-corrected chi connectivity index (χ3v) is 6.75. The number of hydrogen-bond donors (Lipinski definition) is 1. The Labute approximate surface area is 240 Å². The van der Waals surface area contributed by atoms with Gasteiger partial charge in [0, 0.05) is 50.2 Å². The molecule has 0 bridgehead atoms. The topological polar surface area (TPSA) is 77.5 Å². The van der Waals surface area contributed by atoms with E-state index in [1.165, 1.54) is 12.1 Å². The molecule has 1 saturated heterocycles. The molecule has 1 aromatic rings. The van der Waals surface area contributed by atoms with E-state index in [2.05, 4.69) is 33.4 Å². The van der Waals surface area contributed by atoms with Gasteiger partial charge in [-0.1, -0.05) is 29.6 Å². The first-order valence-electron chi connectivity index (χ1n) is 13.4. The van der Waals surface area contributed by atoms with Crippen molar-refractivity contribution in [1.29, 1.82) is 0 Å². The zero-order valence-electron chi connectivity index (χ0n) is 23.8. The number of fused-ring (bicyclic) bond motifs is 1. The number of aliphatic imine (C=N–C) groups is 1. The second-order valence-corrected chi connectivity index (χ2v) is 10.1. The molecule has 0 saturated carbocycles. The average Bonchev–Trinajstić information content (AvgIpc) is 3.36. The summed E-state index contributed by atoms with van der Waals surface area (Å²) in [5.74, 6) is 7.23. The molecule has 0 aliphatic carbocycles. The first-order chi connectivity index (χ1) is 19.5. The van der Waals surface area contributed by atoms with Gasteiger partial charge < -0.3 is 10.6 Å². The Hall–Kier alpha value is -3.94. The number of nitrogens with two attached hydrogens (primary N) is 1. The lowest BCUT2D eigenvalue weighted by Crippen LogP contribution is -2.44. The van der Waals surface area contributed by atoms with Gasteiger partial charge in [-0.3, -0.25) is 14.7 Å². The molecule has 7 nitrogen and oxygen atoms in total. The van der Waals surface area contributed by atoms with Crippen LogP contribution in [-0.4, -0.2) is 79.0 Å². The molecule has 41 heavy (non-hydrogen) atoms. The molecule has 0 amide bonds. The minimum Gasteiger partial charge on any atom is -0.399 e. The summed E-state index contributed by atoms with van der Waals surface area (Å²) in [4.78, 5) is 19.5. The molecule has 3 aliphatic heterocycles. The van der Waals surface area contributed by atoms with Crippen LogP contribution in [0, 0.1) is 11.8 Å². The van der Waals surface area contributed by atoms with Gasteiger partial charge in [0.25, 0.3) is 0 Å². The average molecular weight is 567 g/mol. The van der Waals surface area contributed by atoms with E-state index in [9.17, 15) is 18.0 Å². The molecule has 0 aromatic heterocycles. The van der Waals surface area contributed by atoms with Crippen molar-refractivity contribution in [2.24, 2.45) is 10.1 Å². The first-order valence-corrected chi connectivity index (χ1v) is 13.4. The second kappa shape index (κ2) is 14.6. The quantitative estimate of drug-likeness (QED) is 0.135. The van der Waals surface area contributed by atoms with Crippen LogP contribution in [-0.2, 0) is 17.5 Å². The molecular weight excluding hydrogens is 529 g/mol. The number of benzene rings is 1. The number of halogens is 3. The minimum absolute atomic E-state index is 0.0623. The highest BCUT2D eigenvalue weighted by Crippen LogP contribution is 2.34. The van der Waals surface area contributed by atoms with Gasteiger partial charge in [0.15, 0.2) is 0 Å².